The summed E-state index contributed by atoms with van der Waals surface area (Å²) in [5.74, 6) is 1.92. The molecule has 11 heteroatoms. The van der Waals surface area contributed by atoms with Gasteiger partial charge in [-0.25, -0.2) is 0 Å². The number of nitriles is 3. The van der Waals surface area contributed by atoms with Gasteiger partial charge in [0.2, 0.25) is 0 Å². The summed E-state index contributed by atoms with van der Waals surface area (Å²) < 4.78 is 24.4. The molecule has 0 atom stereocenters. The lowest BCUT2D eigenvalue weighted by molar-refractivity contribution is 0.0431. The summed E-state index contributed by atoms with van der Waals surface area (Å²) in [5, 5.41) is 29.1. The molecular weight excluding hydrogens is 809 g/mol. The van der Waals surface area contributed by atoms with E-state index in [9.17, 15) is 15.8 Å². The summed E-state index contributed by atoms with van der Waals surface area (Å²) in [4.78, 5) is 6.93. The van der Waals surface area contributed by atoms with E-state index in [2.05, 4.69) is 67.3 Å². The molecule has 0 N–H and O–H groups in total. The summed E-state index contributed by atoms with van der Waals surface area (Å²) in [7, 11) is 5.81. The number of hydrogen-bond donors (Lipinski definition) is 0. The lowest BCUT2D eigenvalue weighted by atomic mass is 9.81. The first kappa shape index (κ1) is 42.3. The number of unbranched alkanes of at least 4 members (excludes halogenated alkanes) is 6. The normalized spacial score (nSPS) is 15.3. The number of rotatable bonds is 16. The second-order valence-electron chi connectivity index (χ2n) is 15.9. The Bertz CT molecular complexity index is 2610. The molecule has 0 radical (unpaired) electrons. The van der Waals surface area contributed by atoms with Gasteiger partial charge in [0, 0.05) is 57.0 Å². The predicted octanol–water partition coefficient (Wildman–Crippen LogP) is 14.6. The van der Waals surface area contributed by atoms with Crippen molar-refractivity contribution < 1.29 is 14.2 Å². The molecule has 5 aromatic rings. The molecule has 0 fully saturated rings. The van der Waals surface area contributed by atoms with Crippen LogP contribution in [0.1, 0.15) is 113 Å². The first-order chi connectivity index (χ1) is 28.5. The SMILES string of the molecule is CCCCCCC1(CCCCCC)Oc2c(sc3cc(/C=C/C4=C(C#N)C(=C(C#N)C#N)OC4(C)C)sc23)-c2sc3cc(/C=C/c4ccc(N(C)C)cc4OC)sc3c21. The van der Waals surface area contributed by atoms with E-state index in [0.29, 0.717) is 5.57 Å². The minimum atomic E-state index is -0.871. The molecule has 7 nitrogen and oxygen atoms in total. The summed E-state index contributed by atoms with van der Waals surface area (Å²) in [5.41, 5.74) is 2.92. The van der Waals surface area contributed by atoms with Crippen molar-refractivity contribution in [2.45, 2.75) is 103 Å². The van der Waals surface area contributed by atoms with E-state index in [0.717, 1.165) is 58.0 Å². The van der Waals surface area contributed by atoms with Crippen LogP contribution in [0.25, 0.3) is 46.8 Å². The largest absolute Gasteiger partial charge is 0.496 e. The van der Waals surface area contributed by atoms with Crippen molar-refractivity contribution in [1.29, 1.82) is 15.8 Å². The van der Waals surface area contributed by atoms with Crippen LogP contribution < -0.4 is 14.4 Å². The fourth-order valence-corrected chi connectivity index (χ4v) is 13.4. The number of methoxy groups -OCH3 is 1. The Labute approximate surface area is 364 Å². The number of hydrogen-bond acceptors (Lipinski definition) is 11. The Balaban J connectivity index is 1.31. The molecule has 0 bridgehead atoms. The van der Waals surface area contributed by atoms with Crippen molar-refractivity contribution in [3.63, 3.8) is 0 Å². The monoisotopic (exact) mass is 858 g/mol. The minimum absolute atomic E-state index is 0.0518. The third-order valence-corrected chi connectivity index (χ3v) is 16.1. The van der Waals surface area contributed by atoms with E-state index >= 15 is 0 Å². The Hall–Kier alpha value is -4.83. The fraction of sp³-hybridized carbons (Fsp3) is 0.396. The number of benzene rings is 1. The molecule has 2 aliphatic rings. The van der Waals surface area contributed by atoms with Gasteiger partial charge in [-0.05, 0) is 82.0 Å². The van der Waals surface area contributed by atoms with Crippen LogP contribution >= 0.6 is 45.3 Å². The number of anilines is 1. The first-order valence-electron chi connectivity index (χ1n) is 20.4. The number of ether oxygens (including phenoxy) is 3. The van der Waals surface area contributed by atoms with Crippen LogP contribution in [0.5, 0.6) is 11.5 Å². The molecule has 0 saturated carbocycles. The zero-order valence-corrected chi connectivity index (χ0v) is 38.2. The molecule has 0 amide bonds. The summed E-state index contributed by atoms with van der Waals surface area (Å²) in [6.45, 7) is 8.24. The highest BCUT2D eigenvalue weighted by atomic mass is 32.1. The summed E-state index contributed by atoms with van der Waals surface area (Å²) in [6.07, 6.45) is 19.7. The summed E-state index contributed by atoms with van der Waals surface area (Å²) in [6, 6.07) is 16.9. The van der Waals surface area contributed by atoms with Crippen molar-refractivity contribution in [3.05, 3.63) is 79.8 Å². The van der Waals surface area contributed by atoms with Crippen LogP contribution in [0.3, 0.4) is 0 Å². The molecule has 0 spiro atoms. The van der Waals surface area contributed by atoms with Gasteiger partial charge in [-0.15, -0.1) is 45.3 Å². The minimum Gasteiger partial charge on any atom is -0.496 e. The van der Waals surface area contributed by atoms with Crippen LogP contribution in [0.4, 0.5) is 5.69 Å². The Kier molecular flexibility index (Phi) is 12.8. The molecule has 304 valence electrons. The lowest BCUT2D eigenvalue weighted by Crippen LogP contribution is -2.35. The fourth-order valence-electron chi connectivity index (χ4n) is 8.11. The van der Waals surface area contributed by atoms with Gasteiger partial charge >= 0.3 is 0 Å². The average Bonchev–Trinajstić information content (AvgIpc) is 4.02. The number of allylic oxidation sites excluding steroid dienone is 2. The third kappa shape index (κ3) is 8.22. The third-order valence-electron chi connectivity index (χ3n) is 11.2. The van der Waals surface area contributed by atoms with Crippen molar-refractivity contribution in [1.82, 2.24) is 0 Å². The van der Waals surface area contributed by atoms with Gasteiger partial charge in [0.25, 0.3) is 0 Å². The van der Waals surface area contributed by atoms with Crippen LogP contribution in [0.2, 0.25) is 0 Å². The molecule has 0 unspecified atom stereocenters. The predicted molar refractivity (Wildman–Crippen MR) is 250 cm³/mol. The molecule has 7 rings (SSSR count). The first-order valence-corrected chi connectivity index (χ1v) is 23.7. The maximum absolute atomic E-state index is 10.1. The Morgan fingerprint density at radius 3 is 2.00 bits per heavy atom. The highest BCUT2D eigenvalue weighted by Gasteiger charge is 2.45. The topological polar surface area (TPSA) is 102 Å². The number of thiophene rings is 4. The highest BCUT2D eigenvalue weighted by molar-refractivity contribution is 7.35. The Morgan fingerprint density at radius 1 is 0.763 bits per heavy atom. The molecule has 2 aliphatic heterocycles. The molecular formula is C48H50N4O3S4. The van der Waals surface area contributed by atoms with Gasteiger partial charge in [-0.2, -0.15) is 15.8 Å². The second-order valence-corrected chi connectivity index (χ2v) is 20.2. The quantitative estimate of drug-likeness (QED) is 0.0719. The maximum Gasteiger partial charge on any atom is 0.172 e. The number of nitrogens with zero attached hydrogens (tertiary/aromatic N) is 4. The van der Waals surface area contributed by atoms with Crippen molar-refractivity contribution in [3.8, 4) is 39.5 Å². The van der Waals surface area contributed by atoms with E-state index in [4.69, 9.17) is 14.2 Å². The van der Waals surface area contributed by atoms with E-state index in [1.807, 2.05) is 74.9 Å². The van der Waals surface area contributed by atoms with E-state index in [1.54, 1.807) is 29.8 Å². The van der Waals surface area contributed by atoms with E-state index in [-0.39, 0.29) is 16.9 Å². The Morgan fingerprint density at radius 2 is 1.39 bits per heavy atom. The zero-order chi connectivity index (χ0) is 41.9. The molecule has 6 heterocycles. The molecule has 4 aromatic heterocycles. The number of fused-ring (bicyclic) bond motifs is 7. The smallest absolute Gasteiger partial charge is 0.172 e. The van der Waals surface area contributed by atoms with Gasteiger partial charge in [0.05, 0.1) is 31.0 Å². The maximum atomic E-state index is 10.1. The van der Waals surface area contributed by atoms with Crippen molar-refractivity contribution in [2.24, 2.45) is 0 Å². The average molecular weight is 859 g/mol. The summed E-state index contributed by atoms with van der Waals surface area (Å²) >= 11 is 7.30. The second kappa shape index (κ2) is 17.8. The molecule has 0 saturated heterocycles. The van der Waals surface area contributed by atoms with Gasteiger partial charge in [-0.3, -0.25) is 0 Å². The van der Waals surface area contributed by atoms with Gasteiger partial charge in [-0.1, -0.05) is 58.4 Å². The van der Waals surface area contributed by atoms with E-state index in [1.165, 1.54) is 72.8 Å². The molecule has 1 aromatic carbocycles. The van der Waals surface area contributed by atoms with Gasteiger partial charge < -0.3 is 19.1 Å². The van der Waals surface area contributed by atoms with Crippen LogP contribution in [-0.2, 0) is 10.3 Å². The molecule has 0 aliphatic carbocycles. The molecule has 59 heavy (non-hydrogen) atoms. The van der Waals surface area contributed by atoms with Crippen molar-refractivity contribution >= 4 is 88.1 Å². The zero-order valence-electron chi connectivity index (χ0n) is 34.9. The van der Waals surface area contributed by atoms with Crippen LogP contribution in [0, 0.1) is 34.0 Å². The van der Waals surface area contributed by atoms with Crippen LogP contribution in [0.15, 0.2) is 58.9 Å². The van der Waals surface area contributed by atoms with Gasteiger partial charge in [0.15, 0.2) is 17.1 Å². The highest BCUT2D eigenvalue weighted by Crippen LogP contribution is 2.62. The lowest BCUT2D eigenvalue weighted by Gasteiger charge is -2.39. The standard InChI is InChI=1S/C48H50N4O3S4/c1-8-10-12-14-22-48(23-15-13-11-9-2)40-43-38(25-33(56-43)19-17-30-16-18-32(52(5)6)24-37(30)53-7)58-45(40)46-42(55-48)44-39(59-46)26-34(57-44)20-21-36-35(29-51)41(31(27-49)28-50)54-47(36,3)4/h16-21,24-26H,8-15,22-23H2,1-7H3/b19-17+,21-20+. The van der Waals surface area contributed by atoms with E-state index < -0.39 is 11.2 Å². The van der Waals surface area contributed by atoms with Gasteiger partial charge in [0.1, 0.15) is 40.7 Å². The van der Waals surface area contributed by atoms with Crippen molar-refractivity contribution in [2.75, 3.05) is 26.1 Å². The van der Waals surface area contributed by atoms with Crippen LogP contribution in [-0.4, -0.2) is 26.8 Å².